The van der Waals surface area contributed by atoms with Gasteiger partial charge in [0.25, 0.3) is 0 Å². The van der Waals surface area contributed by atoms with Crippen molar-refractivity contribution in [2.45, 2.75) is 11.8 Å². The summed E-state index contributed by atoms with van der Waals surface area (Å²) in [4.78, 5) is 46.9. The molecule has 0 aliphatic rings. The average molecular weight is 283 g/mol. The highest BCUT2D eigenvalue weighted by molar-refractivity contribution is 6.00. The summed E-state index contributed by atoms with van der Waals surface area (Å²) < 4.78 is 0. The second kappa shape index (κ2) is 5.78. The van der Waals surface area contributed by atoms with Crippen molar-refractivity contribution in [3.63, 3.8) is 0 Å². The largest absolute Gasteiger partial charge is 0.480 e. The molecule has 1 aromatic rings. The summed E-state index contributed by atoms with van der Waals surface area (Å²) in [6.45, 7) is 0. The summed E-state index contributed by atoms with van der Waals surface area (Å²) in [6, 6.07) is 0.896. The Labute approximate surface area is 111 Å². The number of hydrogen-bond acceptors (Lipinski definition) is 5. The Bertz CT molecular complexity index is 506. The van der Waals surface area contributed by atoms with Gasteiger partial charge in [-0.1, -0.05) is 0 Å². The Morgan fingerprint density at radius 1 is 0.750 bits per heavy atom. The number of aliphatic carboxylic acids is 4. The zero-order valence-electron chi connectivity index (χ0n) is 9.76. The molecular weight excluding hydrogens is 274 g/mol. The van der Waals surface area contributed by atoms with Crippen LogP contribution in [0.15, 0.2) is 18.5 Å². The van der Waals surface area contributed by atoms with Crippen molar-refractivity contribution in [1.82, 2.24) is 4.98 Å². The Hall–Kier alpha value is -2.97. The zero-order chi connectivity index (χ0) is 15.4. The molecule has 0 fully saturated rings. The molecule has 4 N–H and O–H groups in total. The van der Waals surface area contributed by atoms with Gasteiger partial charge in [0.05, 0.1) is 0 Å². The lowest BCUT2D eigenvalue weighted by Crippen LogP contribution is -2.24. The summed E-state index contributed by atoms with van der Waals surface area (Å²) in [5.41, 5.74) is -0.620. The van der Waals surface area contributed by atoms with E-state index in [4.69, 9.17) is 20.4 Å². The Morgan fingerprint density at radius 2 is 1.05 bits per heavy atom. The van der Waals surface area contributed by atoms with Crippen LogP contribution in [-0.4, -0.2) is 49.3 Å². The van der Waals surface area contributed by atoms with Gasteiger partial charge in [-0.2, -0.15) is 0 Å². The molecule has 9 nitrogen and oxygen atoms in total. The highest BCUT2D eigenvalue weighted by Gasteiger charge is 2.32. The van der Waals surface area contributed by atoms with Crippen molar-refractivity contribution in [1.29, 1.82) is 0 Å². The van der Waals surface area contributed by atoms with E-state index >= 15 is 0 Å². The Morgan fingerprint density at radius 3 is 1.30 bits per heavy atom. The number of carbonyl (C=O) groups is 4. The van der Waals surface area contributed by atoms with E-state index in [0.29, 0.717) is 0 Å². The van der Waals surface area contributed by atoms with E-state index in [2.05, 4.69) is 4.98 Å². The van der Waals surface area contributed by atoms with Crippen molar-refractivity contribution in [2.24, 2.45) is 0 Å². The number of rotatable bonds is 6. The molecule has 0 saturated heterocycles. The first-order valence-corrected chi connectivity index (χ1v) is 5.11. The van der Waals surface area contributed by atoms with Crippen molar-refractivity contribution >= 4 is 23.9 Å². The molecule has 0 spiro atoms. The first kappa shape index (κ1) is 15.1. The molecule has 0 bridgehead atoms. The van der Waals surface area contributed by atoms with Crippen LogP contribution in [-0.2, 0) is 19.2 Å². The summed E-state index contributed by atoms with van der Waals surface area (Å²) in [6.07, 6.45) is 1.86. The van der Waals surface area contributed by atoms with Crippen LogP contribution in [0.2, 0.25) is 0 Å². The van der Waals surface area contributed by atoms with Gasteiger partial charge in [0.1, 0.15) is 0 Å². The monoisotopic (exact) mass is 283 g/mol. The van der Waals surface area contributed by atoms with E-state index in [1.54, 1.807) is 0 Å². The fraction of sp³-hybridized carbons (Fsp3) is 0.182. The first-order chi connectivity index (χ1) is 9.25. The quantitative estimate of drug-likeness (QED) is 0.508. The van der Waals surface area contributed by atoms with Crippen LogP contribution >= 0.6 is 0 Å². The summed E-state index contributed by atoms with van der Waals surface area (Å²) in [5.74, 6) is -10.6. The van der Waals surface area contributed by atoms with Crippen LogP contribution in [0.5, 0.6) is 0 Å². The molecule has 0 radical (unpaired) electrons. The molecule has 9 heteroatoms. The minimum atomic E-state index is -1.95. The lowest BCUT2D eigenvalue weighted by Gasteiger charge is -2.11. The SMILES string of the molecule is O=C(O)C(C(=O)O)c1cncc(C(C(=O)O)C(=O)O)c1. The first-order valence-electron chi connectivity index (χ1n) is 5.11. The van der Waals surface area contributed by atoms with Crippen LogP contribution in [0.4, 0.5) is 0 Å². The number of pyridine rings is 1. The molecule has 106 valence electrons. The standard InChI is InChI=1S/C11H9NO8/c13-8(14)6(9(15)16)4-1-5(3-12-2-4)7(10(17)18)11(19)20/h1-3,6-7H,(H,13,14)(H,15,16)(H,17,18)(H,19,20). The van der Waals surface area contributed by atoms with Crippen LogP contribution < -0.4 is 0 Å². The lowest BCUT2D eigenvalue weighted by molar-refractivity contribution is -0.151. The molecule has 0 aromatic carbocycles. The maximum absolute atomic E-state index is 10.8. The van der Waals surface area contributed by atoms with Crippen LogP contribution in [0.1, 0.15) is 23.0 Å². The fourth-order valence-electron chi connectivity index (χ4n) is 1.57. The summed E-state index contributed by atoms with van der Waals surface area (Å²) in [5, 5.41) is 35.2. The Kier molecular flexibility index (Phi) is 4.36. The van der Waals surface area contributed by atoms with Crippen molar-refractivity contribution in [3.05, 3.63) is 29.6 Å². The van der Waals surface area contributed by atoms with E-state index < -0.39 is 35.7 Å². The maximum atomic E-state index is 10.8. The Balaban J connectivity index is 3.31. The minimum absolute atomic E-state index is 0.310. The molecule has 0 saturated carbocycles. The van der Waals surface area contributed by atoms with Crippen molar-refractivity contribution in [2.75, 3.05) is 0 Å². The smallest absolute Gasteiger partial charge is 0.322 e. The molecule has 0 amide bonds. The molecular formula is C11H9NO8. The van der Waals surface area contributed by atoms with Crippen LogP contribution in [0, 0.1) is 0 Å². The summed E-state index contributed by atoms with van der Waals surface area (Å²) >= 11 is 0. The molecule has 0 atom stereocenters. The summed E-state index contributed by atoms with van der Waals surface area (Å²) in [7, 11) is 0. The van der Waals surface area contributed by atoms with E-state index in [9.17, 15) is 19.2 Å². The third kappa shape index (κ3) is 3.07. The van der Waals surface area contributed by atoms with Crippen LogP contribution in [0.25, 0.3) is 0 Å². The second-order valence-electron chi connectivity index (χ2n) is 3.77. The molecule has 0 unspecified atom stereocenters. The third-order valence-electron chi connectivity index (χ3n) is 2.44. The van der Waals surface area contributed by atoms with Crippen LogP contribution in [0.3, 0.4) is 0 Å². The van der Waals surface area contributed by atoms with Gasteiger partial charge in [-0.25, -0.2) is 0 Å². The average Bonchev–Trinajstić information content (AvgIpc) is 2.27. The van der Waals surface area contributed by atoms with Crippen molar-refractivity contribution < 1.29 is 39.6 Å². The molecule has 20 heavy (non-hydrogen) atoms. The predicted molar refractivity (Wildman–Crippen MR) is 60.3 cm³/mol. The number of carboxylic acids is 4. The van der Waals surface area contributed by atoms with Gasteiger partial charge in [-0.15, -0.1) is 0 Å². The van der Waals surface area contributed by atoms with Crippen molar-refractivity contribution in [3.8, 4) is 0 Å². The molecule has 1 rings (SSSR count). The third-order valence-corrected chi connectivity index (χ3v) is 2.44. The highest BCUT2D eigenvalue weighted by Crippen LogP contribution is 2.22. The topological polar surface area (TPSA) is 162 Å². The van der Waals surface area contributed by atoms with E-state index in [0.717, 1.165) is 18.5 Å². The van der Waals surface area contributed by atoms with Gasteiger partial charge in [0.2, 0.25) is 0 Å². The normalized spacial score (nSPS) is 10.5. The minimum Gasteiger partial charge on any atom is -0.480 e. The van der Waals surface area contributed by atoms with Gasteiger partial charge in [0.15, 0.2) is 11.8 Å². The second-order valence-corrected chi connectivity index (χ2v) is 3.77. The van der Waals surface area contributed by atoms with Gasteiger partial charge in [-0.3, -0.25) is 24.2 Å². The number of hydrogen-bond donors (Lipinski definition) is 4. The van der Waals surface area contributed by atoms with E-state index in [-0.39, 0.29) is 11.1 Å². The predicted octanol–water partition coefficient (Wildman–Crippen LogP) is -0.413. The van der Waals surface area contributed by atoms with Gasteiger partial charge in [0, 0.05) is 12.4 Å². The van der Waals surface area contributed by atoms with Gasteiger partial charge < -0.3 is 20.4 Å². The number of carboxylic acid groups (broad SMARTS) is 4. The number of aromatic nitrogens is 1. The van der Waals surface area contributed by atoms with E-state index in [1.165, 1.54) is 0 Å². The zero-order valence-corrected chi connectivity index (χ0v) is 9.76. The maximum Gasteiger partial charge on any atom is 0.322 e. The van der Waals surface area contributed by atoms with E-state index in [1.807, 2.05) is 0 Å². The molecule has 0 aliphatic carbocycles. The fourth-order valence-corrected chi connectivity index (χ4v) is 1.57. The molecule has 0 aliphatic heterocycles. The molecule has 1 aromatic heterocycles. The lowest BCUT2D eigenvalue weighted by atomic mass is 9.95. The highest BCUT2D eigenvalue weighted by atomic mass is 16.4. The van der Waals surface area contributed by atoms with Gasteiger partial charge in [-0.05, 0) is 17.2 Å². The van der Waals surface area contributed by atoms with Gasteiger partial charge >= 0.3 is 23.9 Å². The number of nitrogens with zero attached hydrogens (tertiary/aromatic N) is 1. The molecule has 1 heterocycles.